The van der Waals surface area contributed by atoms with E-state index in [0.29, 0.717) is 0 Å². The normalized spacial score (nSPS) is 11.6. The van der Waals surface area contributed by atoms with Gasteiger partial charge in [-0.3, -0.25) is 0 Å². The van der Waals surface area contributed by atoms with Crippen LogP contribution in [0.5, 0.6) is 0 Å². The molecule has 0 fully saturated rings. The number of furan rings is 2. The van der Waals surface area contributed by atoms with Gasteiger partial charge in [-0.2, -0.15) is 0 Å². The van der Waals surface area contributed by atoms with E-state index in [0.717, 1.165) is 161 Å². The number of rotatable bonds is 15. The third-order valence-corrected chi connectivity index (χ3v) is 23.5. The molecular weight excluding hydrogens is 1410 g/mol. The molecule has 20 aromatic carbocycles. The molecule has 116 heavy (non-hydrogen) atoms. The highest BCUT2D eigenvalue weighted by molar-refractivity contribution is 6.21. The molecule has 542 valence electrons. The molecule has 0 radical (unpaired) electrons. The van der Waals surface area contributed by atoms with Crippen LogP contribution in [0.1, 0.15) is 0 Å². The van der Waals surface area contributed by atoms with Crippen LogP contribution in [0.2, 0.25) is 0 Å². The SMILES string of the molecule is c1ccc(-c2ccc(N(c3ccc(-c4ccc(-c5cccc6c5ccc5c7cccc(-c8ccccc8N(c8ccc(-c9cccc%10ccccc9%10)cc8)c8ccc(-c9c(-c%10ccccc%10)ccc%10ccccc9%10)cc8)c7oc65)cc4)cc3)c3ccc(-c4ccccc4-c4cccc5c4oc4c6ccccc6ccc54)cc3)cc2)cc1. The van der Waals surface area contributed by atoms with E-state index in [1.54, 1.807) is 0 Å². The topological polar surface area (TPSA) is 32.8 Å². The van der Waals surface area contributed by atoms with Gasteiger partial charge in [0.05, 0.1) is 5.69 Å². The number of fused-ring (bicyclic) bond motifs is 12. The molecule has 0 amide bonds. The monoisotopic (exact) mass is 1480 g/mol. The second kappa shape index (κ2) is 28.4. The number of hydrogen-bond acceptors (Lipinski definition) is 4. The first kappa shape index (κ1) is 67.5. The average Bonchev–Trinajstić information content (AvgIpc) is 1.55. The Bertz CT molecular complexity index is 7510. The van der Waals surface area contributed by atoms with E-state index in [4.69, 9.17) is 8.83 Å². The van der Waals surface area contributed by atoms with Crippen molar-refractivity contribution in [2.75, 3.05) is 9.80 Å². The molecule has 0 bridgehead atoms. The van der Waals surface area contributed by atoms with Gasteiger partial charge < -0.3 is 18.6 Å². The number of para-hydroxylation sites is 3. The van der Waals surface area contributed by atoms with E-state index in [-0.39, 0.29) is 0 Å². The summed E-state index contributed by atoms with van der Waals surface area (Å²) >= 11 is 0. The third-order valence-electron chi connectivity index (χ3n) is 23.5. The fourth-order valence-corrected chi connectivity index (χ4v) is 17.9. The van der Waals surface area contributed by atoms with E-state index in [1.807, 2.05) is 0 Å². The molecule has 0 spiro atoms. The molecule has 4 nitrogen and oxygen atoms in total. The van der Waals surface area contributed by atoms with Crippen molar-refractivity contribution in [1.29, 1.82) is 0 Å². The third kappa shape index (κ3) is 11.8. The van der Waals surface area contributed by atoms with Crippen LogP contribution in [0, 0.1) is 0 Å². The van der Waals surface area contributed by atoms with Gasteiger partial charge in [0.2, 0.25) is 0 Å². The number of hydrogen-bond donors (Lipinski definition) is 0. The summed E-state index contributed by atoms with van der Waals surface area (Å²) in [5.74, 6) is 0. The zero-order valence-corrected chi connectivity index (χ0v) is 63.3. The Kier molecular flexibility index (Phi) is 16.6. The summed E-state index contributed by atoms with van der Waals surface area (Å²) < 4.78 is 14.2. The minimum absolute atomic E-state index is 0.844. The van der Waals surface area contributed by atoms with Gasteiger partial charge in [-0.05, 0) is 195 Å². The molecule has 0 saturated heterocycles. The zero-order chi connectivity index (χ0) is 76.6. The van der Waals surface area contributed by atoms with Crippen molar-refractivity contribution in [2.24, 2.45) is 0 Å². The van der Waals surface area contributed by atoms with Crippen molar-refractivity contribution in [1.82, 2.24) is 0 Å². The Morgan fingerprint density at radius 3 is 1.03 bits per heavy atom. The van der Waals surface area contributed by atoms with Crippen LogP contribution in [-0.4, -0.2) is 0 Å². The van der Waals surface area contributed by atoms with Gasteiger partial charge in [0, 0.05) is 77.4 Å². The molecular formula is C112H72N2O2. The van der Waals surface area contributed by atoms with Crippen molar-refractivity contribution in [2.45, 2.75) is 0 Å². The molecule has 0 unspecified atom stereocenters. The maximum atomic E-state index is 7.37. The van der Waals surface area contributed by atoms with Crippen LogP contribution < -0.4 is 9.80 Å². The first-order valence-electron chi connectivity index (χ1n) is 39.8. The van der Waals surface area contributed by atoms with Crippen molar-refractivity contribution < 1.29 is 8.83 Å². The van der Waals surface area contributed by atoms with Crippen LogP contribution >= 0.6 is 0 Å². The van der Waals surface area contributed by atoms with Gasteiger partial charge >= 0.3 is 0 Å². The zero-order valence-electron chi connectivity index (χ0n) is 63.3. The summed E-state index contributed by atoms with van der Waals surface area (Å²) in [5, 5.41) is 13.7. The molecule has 22 rings (SSSR count). The predicted molar refractivity (Wildman–Crippen MR) is 489 cm³/mol. The van der Waals surface area contributed by atoms with Crippen LogP contribution in [0.15, 0.2) is 446 Å². The molecule has 0 N–H and O–H groups in total. The summed E-state index contributed by atoms with van der Waals surface area (Å²) in [6, 6.07) is 159. The van der Waals surface area contributed by atoms with Gasteiger partial charge in [-0.1, -0.05) is 358 Å². The molecule has 0 atom stereocenters. The first-order chi connectivity index (χ1) is 57.5. The summed E-state index contributed by atoms with van der Waals surface area (Å²) in [6.07, 6.45) is 0. The van der Waals surface area contributed by atoms with Gasteiger partial charge in [-0.15, -0.1) is 0 Å². The van der Waals surface area contributed by atoms with Gasteiger partial charge in [0.1, 0.15) is 22.3 Å². The molecule has 0 aliphatic carbocycles. The average molecular weight is 1480 g/mol. The highest BCUT2D eigenvalue weighted by atomic mass is 16.3. The molecule has 4 heteroatoms. The van der Waals surface area contributed by atoms with Gasteiger partial charge in [0.25, 0.3) is 0 Å². The predicted octanol–water partition coefficient (Wildman–Crippen LogP) is 32.0. The lowest BCUT2D eigenvalue weighted by molar-refractivity contribution is 0.673. The molecule has 0 aliphatic rings. The minimum Gasteiger partial charge on any atom is -0.455 e. The molecule has 2 heterocycles. The van der Waals surface area contributed by atoms with Crippen molar-refractivity contribution >= 4 is 121 Å². The largest absolute Gasteiger partial charge is 0.455 e. The second-order valence-corrected chi connectivity index (χ2v) is 30.1. The lowest BCUT2D eigenvalue weighted by Crippen LogP contribution is -2.11. The lowest BCUT2D eigenvalue weighted by Gasteiger charge is -2.28. The van der Waals surface area contributed by atoms with Crippen LogP contribution in [0.4, 0.5) is 34.1 Å². The first-order valence-corrected chi connectivity index (χ1v) is 39.8. The maximum Gasteiger partial charge on any atom is 0.143 e. The van der Waals surface area contributed by atoms with E-state index in [9.17, 15) is 0 Å². The lowest BCUT2D eigenvalue weighted by atomic mass is 9.89. The Morgan fingerprint density at radius 1 is 0.138 bits per heavy atom. The molecule has 0 saturated carbocycles. The minimum atomic E-state index is 0.844. The fraction of sp³-hybridized carbons (Fsp3) is 0. The summed E-state index contributed by atoms with van der Waals surface area (Å²) in [7, 11) is 0. The van der Waals surface area contributed by atoms with Gasteiger partial charge in [-0.25, -0.2) is 0 Å². The number of benzene rings is 20. The van der Waals surface area contributed by atoms with Crippen molar-refractivity contribution in [3.8, 4) is 100 Å². The van der Waals surface area contributed by atoms with E-state index < -0.39 is 0 Å². The van der Waals surface area contributed by atoms with Crippen LogP contribution in [0.3, 0.4) is 0 Å². The second-order valence-electron chi connectivity index (χ2n) is 30.1. The quantitative estimate of drug-likeness (QED) is 0.102. The highest BCUT2D eigenvalue weighted by Crippen LogP contribution is 2.50. The Hall–Kier alpha value is -15.4. The Morgan fingerprint density at radius 2 is 0.448 bits per heavy atom. The standard InChI is InChI=1S/C112H72N2O2/c1-3-21-73(22-4-1)75-47-59-85(60-48-75)113(87-63-51-83(52-64-87)92-30-13-14-33-97(92)100-38-19-40-103-105-70-58-80-27-9-12-32-96(80)109(105)115-110(100)103)86-61-49-76(50-62-86)74-43-45-81(46-44-74)93-36-18-37-101-98(93)71-72-106-104-41-20-39-102(112(104)116-111(101)106)99-34-15-16-42-107(99)114(88-65-53-82(54-66-88)91-35-17-28-77-25-7-10-29-90(77)91)89-67-55-84(56-68-89)108-94-31-11-8-26-79(94)57-69-95(108)78-23-5-2-6-24-78/h1-72H. The maximum absolute atomic E-state index is 7.37. The summed E-state index contributed by atoms with van der Waals surface area (Å²) in [6.45, 7) is 0. The van der Waals surface area contributed by atoms with Crippen molar-refractivity contribution in [3.05, 3.63) is 437 Å². The van der Waals surface area contributed by atoms with E-state index in [2.05, 4.69) is 447 Å². The fourth-order valence-electron chi connectivity index (χ4n) is 17.9. The highest BCUT2D eigenvalue weighted by Gasteiger charge is 2.25. The number of anilines is 6. The number of nitrogens with zero attached hydrogens (tertiary/aromatic N) is 2. The smallest absolute Gasteiger partial charge is 0.143 e. The van der Waals surface area contributed by atoms with Gasteiger partial charge in [0.15, 0.2) is 0 Å². The molecule has 0 aliphatic heterocycles. The van der Waals surface area contributed by atoms with Crippen molar-refractivity contribution in [3.63, 3.8) is 0 Å². The Labute approximate surface area is 672 Å². The van der Waals surface area contributed by atoms with E-state index in [1.165, 1.54) is 60.3 Å². The Balaban J connectivity index is 0.586. The summed E-state index contributed by atoms with van der Waals surface area (Å²) in [5.41, 5.74) is 30.3. The summed E-state index contributed by atoms with van der Waals surface area (Å²) in [4.78, 5) is 4.76. The van der Waals surface area contributed by atoms with Crippen LogP contribution in [-0.2, 0) is 0 Å². The molecule has 2 aromatic heterocycles. The molecule has 22 aromatic rings. The van der Waals surface area contributed by atoms with E-state index >= 15 is 0 Å². The van der Waals surface area contributed by atoms with Crippen LogP contribution in [0.25, 0.3) is 187 Å².